The first kappa shape index (κ1) is 12.6. The van der Waals surface area contributed by atoms with Crippen LogP contribution >= 0.6 is 0 Å². The van der Waals surface area contributed by atoms with E-state index in [1.165, 1.54) is 13.0 Å². The average molecular weight is 197 g/mol. The first-order chi connectivity index (χ1) is 6.49. The summed E-state index contributed by atoms with van der Waals surface area (Å²) < 4.78 is 4.72. The maximum absolute atomic E-state index is 11.1. The van der Waals surface area contributed by atoms with Gasteiger partial charge in [0, 0.05) is 12.1 Å². The molecule has 0 rings (SSSR count). The number of carbonyl (C=O) groups is 2. The number of esters is 1. The first-order valence-electron chi connectivity index (χ1n) is 4.24. The van der Waals surface area contributed by atoms with Crippen molar-refractivity contribution in [3.8, 4) is 0 Å². The van der Waals surface area contributed by atoms with Gasteiger partial charge in [-0.1, -0.05) is 6.58 Å². The largest absolute Gasteiger partial charge is 0.461 e. The molecule has 0 fully saturated rings. The Kier molecular flexibility index (Phi) is 5.48. The van der Waals surface area contributed by atoms with E-state index in [0.717, 1.165) is 0 Å². The van der Waals surface area contributed by atoms with E-state index in [4.69, 9.17) is 10.5 Å². The number of allylic oxidation sites excluding steroid dienone is 2. The van der Waals surface area contributed by atoms with Crippen LogP contribution in [0, 0.1) is 0 Å². The lowest BCUT2D eigenvalue weighted by molar-refractivity contribution is -0.138. The van der Waals surface area contributed by atoms with Gasteiger partial charge in [-0.05, 0) is 25.5 Å². The fourth-order valence-electron chi connectivity index (χ4n) is 0.644. The lowest BCUT2D eigenvalue weighted by atomic mass is 10.1. The molecule has 2 N–H and O–H groups in total. The quantitative estimate of drug-likeness (QED) is 0.517. The van der Waals surface area contributed by atoms with Crippen LogP contribution in [0.3, 0.4) is 0 Å². The summed E-state index contributed by atoms with van der Waals surface area (Å²) >= 11 is 0. The molecule has 0 radical (unpaired) electrons. The predicted octanol–water partition coefficient (Wildman–Crippen LogP) is 0.580. The van der Waals surface area contributed by atoms with Gasteiger partial charge < -0.3 is 10.5 Å². The monoisotopic (exact) mass is 197 g/mol. The summed E-state index contributed by atoms with van der Waals surface area (Å²) in [5.41, 5.74) is 5.79. The van der Waals surface area contributed by atoms with Gasteiger partial charge in [0.15, 0.2) is 5.78 Å². The van der Waals surface area contributed by atoms with Gasteiger partial charge in [-0.2, -0.15) is 0 Å². The van der Waals surface area contributed by atoms with Crippen molar-refractivity contribution in [1.82, 2.24) is 0 Å². The van der Waals surface area contributed by atoms with Crippen molar-refractivity contribution in [1.29, 1.82) is 0 Å². The molecule has 0 atom stereocenters. The summed E-state index contributed by atoms with van der Waals surface area (Å²) in [6.07, 6.45) is 1.21. The van der Waals surface area contributed by atoms with Crippen molar-refractivity contribution < 1.29 is 14.3 Å². The van der Waals surface area contributed by atoms with Gasteiger partial charge in [-0.3, -0.25) is 4.79 Å². The van der Waals surface area contributed by atoms with Crippen LogP contribution in [0.4, 0.5) is 0 Å². The number of nitrogens with two attached hydrogens (primary N) is 1. The van der Waals surface area contributed by atoms with Gasteiger partial charge in [0.25, 0.3) is 0 Å². The molecule has 14 heavy (non-hydrogen) atoms. The van der Waals surface area contributed by atoms with Gasteiger partial charge in [0.1, 0.15) is 6.61 Å². The lowest BCUT2D eigenvalue weighted by Crippen LogP contribution is -2.14. The van der Waals surface area contributed by atoms with Crippen molar-refractivity contribution in [3.05, 3.63) is 23.8 Å². The summed E-state index contributed by atoms with van der Waals surface area (Å²) in [6.45, 7) is 6.99. The highest BCUT2D eigenvalue weighted by molar-refractivity contribution is 6.07. The molecule has 0 spiro atoms. The Morgan fingerprint density at radius 3 is 2.43 bits per heavy atom. The molecular formula is C10H15NO3. The number of ketones is 1. The van der Waals surface area contributed by atoms with E-state index in [2.05, 4.69) is 6.58 Å². The predicted molar refractivity (Wildman–Crippen MR) is 53.6 cm³/mol. The molecular weight excluding hydrogens is 182 g/mol. The summed E-state index contributed by atoms with van der Waals surface area (Å²) in [7, 11) is 0. The van der Waals surface area contributed by atoms with Gasteiger partial charge >= 0.3 is 5.97 Å². The highest BCUT2D eigenvalue weighted by Gasteiger charge is 2.07. The fraction of sp³-hybridized carbons (Fsp3) is 0.400. The molecule has 0 heterocycles. The molecule has 0 aromatic heterocycles. The highest BCUT2D eigenvalue weighted by atomic mass is 16.5. The second-order valence-corrected chi connectivity index (χ2v) is 2.90. The molecule has 0 aliphatic heterocycles. The lowest BCUT2D eigenvalue weighted by Gasteiger charge is -2.02. The molecule has 0 saturated carbocycles. The third-order valence-corrected chi connectivity index (χ3v) is 1.44. The number of rotatable bonds is 5. The van der Waals surface area contributed by atoms with Crippen LogP contribution in [-0.2, 0) is 14.3 Å². The summed E-state index contributed by atoms with van der Waals surface area (Å²) in [5.74, 6) is -0.794. The van der Waals surface area contributed by atoms with Crippen molar-refractivity contribution in [2.45, 2.75) is 13.8 Å². The van der Waals surface area contributed by atoms with E-state index in [-0.39, 0.29) is 24.5 Å². The molecule has 4 nitrogen and oxygen atoms in total. The van der Waals surface area contributed by atoms with E-state index in [1.807, 2.05) is 0 Å². The summed E-state index contributed by atoms with van der Waals surface area (Å²) in [4.78, 5) is 22.3. The topological polar surface area (TPSA) is 69.4 Å². The van der Waals surface area contributed by atoms with Crippen molar-refractivity contribution in [3.63, 3.8) is 0 Å². The maximum atomic E-state index is 11.1. The summed E-state index contributed by atoms with van der Waals surface area (Å²) in [6, 6.07) is 0. The van der Waals surface area contributed by atoms with Crippen LogP contribution in [-0.4, -0.2) is 24.9 Å². The van der Waals surface area contributed by atoms with Gasteiger partial charge in [-0.25, -0.2) is 4.79 Å². The first-order valence-corrected chi connectivity index (χ1v) is 4.24. The Hall–Kier alpha value is -1.42. The van der Waals surface area contributed by atoms with Crippen molar-refractivity contribution in [2.75, 3.05) is 13.2 Å². The molecule has 0 amide bonds. The zero-order valence-corrected chi connectivity index (χ0v) is 8.50. The standard InChI is InChI=1S/C10H15NO3/c1-7(2)9(12)6-8(3)10(13)14-5-4-11/h6H,1,4-5,11H2,2-3H3. The minimum atomic E-state index is -0.523. The van der Waals surface area contributed by atoms with Gasteiger partial charge in [-0.15, -0.1) is 0 Å². The molecule has 0 unspecified atom stereocenters. The molecule has 0 saturated heterocycles. The van der Waals surface area contributed by atoms with Crippen LogP contribution < -0.4 is 5.73 Å². The molecule has 0 aromatic rings. The Morgan fingerprint density at radius 1 is 1.43 bits per heavy atom. The van der Waals surface area contributed by atoms with Crippen molar-refractivity contribution >= 4 is 11.8 Å². The number of hydrogen-bond acceptors (Lipinski definition) is 4. The molecule has 0 bridgehead atoms. The van der Waals surface area contributed by atoms with Gasteiger partial charge in [0.05, 0.1) is 0 Å². The van der Waals surface area contributed by atoms with E-state index < -0.39 is 5.97 Å². The SMILES string of the molecule is C=C(C)C(=O)C=C(C)C(=O)OCCN. The van der Waals surface area contributed by atoms with Gasteiger partial charge in [0.2, 0.25) is 0 Å². The minimum absolute atomic E-state index is 0.158. The Bertz CT molecular complexity index is 279. The fourth-order valence-corrected chi connectivity index (χ4v) is 0.644. The summed E-state index contributed by atoms with van der Waals surface area (Å²) in [5, 5.41) is 0. The molecule has 0 aromatic carbocycles. The van der Waals surface area contributed by atoms with Crippen LogP contribution in [0.25, 0.3) is 0 Å². The van der Waals surface area contributed by atoms with Crippen molar-refractivity contribution in [2.24, 2.45) is 5.73 Å². The van der Waals surface area contributed by atoms with E-state index in [9.17, 15) is 9.59 Å². The van der Waals surface area contributed by atoms with E-state index >= 15 is 0 Å². The second kappa shape index (κ2) is 6.10. The Balaban J connectivity index is 4.30. The third-order valence-electron chi connectivity index (χ3n) is 1.44. The smallest absolute Gasteiger partial charge is 0.333 e. The molecule has 78 valence electrons. The van der Waals surface area contributed by atoms with E-state index in [1.54, 1.807) is 6.92 Å². The zero-order chi connectivity index (χ0) is 11.1. The van der Waals surface area contributed by atoms with Crippen LogP contribution in [0.5, 0.6) is 0 Å². The molecule has 0 aliphatic rings. The second-order valence-electron chi connectivity index (χ2n) is 2.90. The average Bonchev–Trinajstić information content (AvgIpc) is 2.13. The Morgan fingerprint density at radius 2 is 2.00 bits per heavy atom. The third kappa shape index (κ3) is 4.57. The number of ether oxygens (including phenoxy) is 1. The normalized spacial score (nSPS) is 10.9. The number of carbonyl (C=O) groups excluding carboxylic acids is 2. The Labute approximate surface area is 83.4 Å². The zero-order valence-electron chi connectivity index (χ0n) is 8.50. The van der Waals surface area contributed by atoms with Crippen LogP contribution in [0.1, 0.15) is 13.8 Å². The number of hydrogen-bond donors (Lipinski definition) is 1. The highest BCUT2D eigenvalue weighted by Crippen LogP contribution is 2.00. The maximum Gasteiger partial charge on any atom is 0.333 e. The van der Waals surface area contributed by atoms with Crippen LogP contribution in [0.2, 0.25) is 0 Å². The minimum Gasteiger partial charge on any atom is -0.461 e. The molecule has 0 aliphatic carbocycles. The van der Waals surface area contributed by atoms with E-state index in [0.29, 0.717) is 5.57 Å². The van der Waals surface area contributed by atoms with Crippen LogP contribution in [0.15, 0.2) is 23.8 Å². The molecule has 4 heteroatoms.